The van der Waals surface area contributed by atoms with Crippen LogP contribution in [0.5, 0.6) is 0 Å². The van der Waals surface area contributed by atoms with Gasteiger partial charge in [0.15, 0.2) is 0 Å². The number of hydrogen-bond acceptors (Lipinski definition) is 2. The average molecular weight is 381 g/mol. The van der Waals surface area contributed by atoms with Crippen molar-refractivity contribution >= 4 is 49.1 Å². The SMILES string of the molecule is Cc1cc(C(=O)NC2CCCC2CBr)sc1Br. The highest BCUT2D eigenvalue weighted by Gasteiger charge is 2.28. The Balaban J connectivity index is 2.01. The van der Waals surface area contributed by atoms with Crippen molar-refractivity contribution < 1.29 is 4.79 Å². The summed E-state index contributed by atoms with van der Waals surface area (Å²) in [5.74, 6) is 0.657. The van der Waals surface area contributed by atoms with E-state index in [-0.39, 0.29) is 5.91 Å². The molecule has 0 saturated heterocycles. The third-order valence-electron chi connectivity index (χ3n) is 3.25. The molecule has 0 radical (unpaired) electrons. The van der Waals surface area contributed by atoms with E-state index in [0.29, 0.717) is 12.0 Å². The number of carbonyl (C=O) groups excluding carboxylic acids is 1. The lowest BCUT2D eigenvalue weighted by atomic mass is 10.1. The predicted octanol–water partition coefficient (Wildman–Crippen LogP) is 4.11. The molecular formula is C12H15Br2NOS. The molecule has 1 aliphatic rings. The van der Waals surface area contributed by atoms with Gasteiger partial charge < -0.3 is 5.32 Å². The number of aryl methyl sites for hydroxylation is 1. The lowest BCUT2D eigenvalue weighted by Crippen LogP contribution is -2.37. The van der Waals surface area contributed by atoms with Crippen LogP contribution in [0.15, 0.2) is 9.85 Å². The van der Waals surface area contributed by atoms with Crippen molar-refractivity contribution in [2.45, 2.75) is 32.2 Å². The second-order valence-electron chi connectivity index (χ2n) is 4.49. The summed E-state index contributed by atoms with van der Waals surface area (Å²) in [4.78, 5) is 12.9. The Labute approximate surface area is 122 Å². The zero-order valence-electron chi connectivity index (χ0n) is 9.63. The van der Waals surface area contributed by atoms with E-state index in [1.165, 1.54) is 24.2 Å². The molecule has 1 fully saturated rings. The van der Waals surface area contributed by atoms with Gasteiger partial charge in [0.1, 0.15) is 0 Å². The van der Waals surface area contributed by atoms with Crippen LogP contribution in [-0.4, -0.2) is 17.3 Å². The van der Waals surface area contributed by atoms with Crippen LogP contribution in [0.3, 0.4) is 0 Å². The molecule has 1 N–H and O–H groups in total. The van der Waals surface area contributed by atoms with Gasteiger partial charge >= 0.3 is 0 Å². The van der Waals surface area contributed by atoms with Gasteiger partial charge in [-0.05, 0) is 53.2 Å². The van der Waals surface area contributed by atoms with Gasteiger partial charge in [-0.2, -0.15) is 0 Å². The fraction of sp³-hybridized carbons (Fsp3) is 0.583. The maximum absolute atomic E-state index is 12.1. The first-order valence-electron chi connectivity index (χ1n) is 5.74. The third kappa shape index (κ3) is 3.12. The summed E-state index contributed by atoms with van der Waals surface area (Å²) < 4.78 is 1.05. The predicted molar refractivity (Wildman–Crippen MR) is 79.1 cm³/mol. The molecule has 0 bridgehead atoms. The molecular weight excluding hydrogens is 366 g/mol. The minimum absolute atomic E-state index is 0.0710. The smallest absolute Gasteiger partial charge is 0.261 e. The van der Waals surface area contributed by atoms with Gasteiger partial charge in [0.25, 0.3) is 5.91 Å². The fourth-order valence-corrected chi connectivity index (χ4v) is 4.44. The summed E-state index contributed by atoms with van der Waals surface area (Å²) in [6, 6.07) is 2.28. The number of amides is 1. The lowest BCUT2D eigenvalue weighted by molar-refractivity contribution is 0.0934. The zero-order chi connectivity index (χ0) is 12.4. The number of thiophene rings is 1. The normalized spacial score (nSPS) is 23.9. The Morgan fingerprint density at radius 1 is 1.59 bits per heavy atom. The largest absolute Gasteiger partial charge is 0.348 e. The number of alkyl halides is 1. The number of carbonyl (C=O) groups is 1. The van der Waals surface area contributed by atoms with Crippen LogP contribution in [0.1, 0.15) is 34.5 Å². The molecule has 1 amide bonds. The van der Waals surface area contributed by atoms with Gasteiger partial charge in [-0.25, -0.2) is 0 Å². The Morgan fingerprint density at radius 3 is 2.94 bits per heavy atom. The summed E-state index contributed by atoms with van der Waals surface area (Å²) >= 11 is 8.48. The van der Waals surface area contributed by atoms with Crippen molar-refractivity contribution in [3.8, 4) is 0 Å². The molecule has 2 rings (SSSR count). The summed E-state index contributed by atoms with van der Waals surface area (Å²) in [7, 11) is 0. The van der Waals surface area contributed by atoms with Gasteiger partial charge in [0.05, 0.1) is 8.66 Å². The van der Waals surface area contributed by atoms with E-state index in [0.717, 1.165) is 26.0 Å². The highest BCUT2D eigenvalue weighted by atomic mass is 79.9. The van der Waals surface area contributed by atoms with Gasteiger partial charge in [-0.3, -0.25) is 4.79 Å². The van der Waals surface area contributed by atoms with Crippen LogP contribution >= 0.6 is 43.2 Å². The molecule has 2 atom stereocenters. The standard InChI is InChI=1S/C12H15Br2NOS/c1-7-5-10(17-11(7)14)12(16)15-9-4-2-3-8(9)6-13/h5,8-9H,2-4,6H2,1H3,(H,15,16). The fourth-order valence-electron chi connectivity index (χ4n) is 2.22. The molecule has 5 heteroatoms. The molecule has 0 spiro atoms. The molecule has 1 aromatic heterocycles. The van der Waals surface area contributed by atoms with Gasteiger partial charge in [-0.1, -0.05) is 22.4 Å². The maximum Gasteiger partial charge on any atom is 0.261 e. The molecule has 2 nitrogen and oxygen atoms in total. The summed E-state index contributed by atoms with van der Waals surface area (Å²) in [5, 5.41) is 4.13. The summed E-state index contributed by atoms with van der Waals surface area (Å²) in [5.41, 5.74) is 1.13. The Kier molecular flexibility index (Phi) is 4.66. The van der Waals surface area contributed by atoms with Crippen LogP contribution in [-0.2, 0) is 0 Å². The van der Waals surface area contributed by atoms with Crippen molar-refractivity contribution in [3.63, 3.8) is 0 Å². The molecule has 0 aliphatic heterocycles. The van der Waals surface area contributed by atoms with Crippen molar-refractivity contribution in [1.82, 2.24) is 5.32 Å². The van der Waals surface area contributed by atoms with E-state index in [4.69, 9.17) is 0 Å². The van der Waals surface area contributed by atoms with Crippen molar-refractivity contribution in [2.75, 3.05) is 5.33 Å². The van der Waals surface area contributed by atoms with E-state index < -0.39 is 0 Å². The van der Waals surface area contributed by atoms with Crippen LogP contribution in [0.4, 0.5) is 0 Å². The molecule has 0 aromatic carbocycles. The van der Waals surface area contributed by atoms with E-state index in [9.17, 15) is 4.79 Å². The molecule has 17 heavy (non-hydrogen) atoms. The first-order chi connectivity index (χ1) is 8.11. The van der Waals surface area contributed by atoms with Crippen molar-refractivity contribution in [2.24, 2.45) is 5.92 Å². The van der Waals surface area contributed by atoms with Crippen LogP contribution in [0, 0.1) is 12.8 Å². The number of rotatable bonds is 3. The number of hydrogen-bond donors (Lipinski definition) is 1. The Morgan fingerprint density at radius 2 is 2.35 bits per heavy atom. The number of halogens is 2. The molecule has 1 aliphatic carbocycles. The average Bonchev–Trinajstić information content (AvgIpc) is 2.86. The zero-order valence-corrected chi connectivity index (χ0v) is 13.6. The first kappa shape index (κ1) is 13.6. The van der Waals surface area contributed by atoms with E-state index in [1.54, 1.807) is 0 Å². The molecule has 1 heterocycles. The molecule has 1 saturated carbocycles. The van der Waals surface area contributed by atoms with Crippen LogP contribution in [0.25, 0.3) is 0 Å². The summed E-state index contributed by atoms with van der Waals surface area (Å²) in [6.45, 7) is 2.01. The Bertz CT molecular complexity index is 399. The van der Waals surface area contributed by atoms with Crippen LogP contribution in [0.2, 0.25) is 0 Å². The second-order valence-corrected chi connectivity index (χ2v) is 7.51. The van der Waals surface area contributed by atoms with Crippen molar-refractivity contribution in [1.29, 1.82) is 0 Å². The third-order valence-corrected chi connectivity index (χ3v) is 6.22. The molecule has 94 valence electrons. The van der Waals surface area contributed by atoms with Crippen molar-refractivity contribution in [3.05, 3.63) is 20.3 Å². The Hall–Kier alpha value is 0.130. The minimum atomic E-state index is 0.0710. The number of nitrogens with one attached hydrogen (secondary N) is 1. The van der Waals surface area contributed by atoms with E-state index >= 15 is 0 Å². The van der Waals surface area contributed by atoms with Gasteiger partial charge in [-0.15, -0.1) is 11.3 Å². The molecule has 2 unspecified atom stereocenters. The second kappa shape index (κ2) is 5.85. The highest BCUT2D eigenvalue weighted by molar-refractivity contribution is 9.11. The quantitative estimate of drug-likeness (QED) is 0.785. The molecule has 1 aromatic rings. The minimum Gasteiger partial charge on any atom is -0.348 e. The van der Waals surface area contributed by atoms with E-state index in [2.05, 4.69) is 37.2 Å². The first-order valence-corrected chi connectivity index (χ1v) is 8.47. The van der Waals surface area contributed by atoms with Gasteiger partial charge in [0.2, 0.25) is 0 Å². The van der Waals surface area contributed by atoms with Gasteiger partial charge in [0, 0.05) is 11.4 Å². The van der Waals surface area contributed by atoms with Crippen LogP contribution < -0.4 is 5.32 Å². The highest BCUT2D eigenvalue weighted by Crippen LogP contribution is 2.30. The summed E-state index contributed by atoms with van der Waals surface area (Å²) in [6.07, 6.45) is 3.53. The lowest BCUT2D eigenvalue weighted by Gasteiger charge is -2.18. The van der Waals surface area contributed by atoms with E-state index in [1.807, 2.05) is 13.0 Å². The maximum atomic E-state index is 12.1. The monoisotopic (exact) mass is 379 g/mol. The topological polar surface area (TPSA) is 29.1 Å².